The van der Waals surface area contributed by atoms with Gasteiger partial charge in [-0.25, -0.2) is 0 Å². The molecule has 0 aliphatic carbocycles. The van der Waals surface area contributed by atoms with Crippen molar-refractivity contribution in [2.75, 3.05) is 0 Å². The number of unbranched alkanes of at least 4 members (excludes halogenated alkanes) is 1. The second kappa shape index (κ2) is 9.61. The number of aliphatic imine (C=N–C) groups is 1. The van der Waals surface area contributed by atoms with E-state index in [1.54, 1.807) is 0 Å². The summed E-state index contributed by atoms with van der Waals surface area (Å²) in [5.74, 6) is 0.755. The van der Waals surface area contributed by atoms with Gasteiger partial charge in [0.25, 0.3) is 0 Å². The highest BCUT2D eigenvalue weighted by Crippen LogP contribution is 2.23. The molecule has 0 fully saturated rings. The topological polar surface area (TPSA) is 12.4 Å². The van der Waals surface area contributed by atoms with Crippen LogP contribution in [0.3, 0.4) is 0 Å². The molecule has 0 N–H and O–H groups in total. The predicted molar refractivity (Wildman–Crippen MR) is 101 cm³/mol. The summed E-state index contributed by atoms with van der Waals surface area (Å²) >= 11 is 0. The fourth-order valence-corrected chi connectivity index (χ4v) is 2.61. The average molecular weight is 300 g/mol. The number of aryl methyl sites for hydroxylation is 2. The summed E-state index contributed by atoms with van der Waals surface area (Å²) in [4.78, 5) is 4.72. The summed E-state index contributed by atoms with van der Waals surface area (Å²) in [5.41, 5.74) is 6.14. The quantitative estimate of drug-likeness (QED) is 0.464. The lowest BCUT2D eigenvalue weighted by Gasteiger charge is -2.12. The lowest BCUT2D eigenvalue weighted by atomic mass is 9.96. The minimum Gasteiger partial charge on any atom is -0.258 e. The highest BCUT2D eigenvalue weighted by Gasteiger charge is 2.07. The molecule has 1 nitrogen and oxygen atoms in total. The van der Waals surface area contributed by atoms with E-state index >= 15 is 0 Å². The van der Waals surface area contributed by atoms with Crippen LogP contribution in [0, 0.1) is 5.92 Å². The largest absolute Gasteiger partial charge is 0.258 e. The van der Waals surface area contributed by atoms with Gasteiger partial charge in [0, 0.05) is 11.3 Å². The van der Waals surface area contributed by atoms with Crippen LogP contribution in [0.15, 0.2) is 29.8 Å². The standard InChI is InChI=1S/C21H33N/c1-7-9-10-17(5)22-18(6)21-14-13-19(12-11-16(3)4)15-20(21)8-2/h13-16H,6-12H2,1-5H3. The summed E-state index contributed by atoms with van der Waals surface area (Å²) in [5, 5.41) is 0. The molecule has 0 saturated heterocycles. The molecule has 0 heterocycles. The molecule has 1 heteroatoms. The van der Waals surface area contributed by atoms with Gasteiger partial charge in [-0.3, -0.25) is 4.99 Å². The Labute approximate surface area is 137 Å². The Bertz CT molecular complexity index is 509. The normalized spacial score (nSPS) is 12.0. The summed E-state index contributed by atoms with van der Waals surface area (Å²) in [6.45, 7) is 15.3. The SMILES string of the molecule is C=C(N=C(C)CCCC)c1ccc(CCC(C)C)cc1CC. The Hall–Kier alpha value is -1.37. The fourth-order valence-electron chi connectivity index (χ4n) is 2.61. The molecule has 122 valence electrons. The highest BCUT2D eigenvalue weighted by molar-refractivity contribution is 5.87. The highest BCUT2D eigenvalue weighted by atomic mass is 14.7. The molecule has 0 atom stereocenters. The maximum absolute atomic E-state index is 4.72. The smallest absolute Gasteiger partial charge is 0.0632 e. The minimum absolute atomic E-state index is 0.755. The van der Waals surface area contributed by atoms with Crippen molar-refractivity contribution >= 4 is 11.4 Å². The van der Waals surface area contributed by atoms with Crippen LogP contribution in [0.1, 0.15) is 77.0 Å². The predicted octanol–water partition coefficient (Wildman–Crippen LogP) is 6.46. The molecule has 0 saturated carbocycles. The van der Waals surface area contributed by atoms with E-state index in [0.717, 1.165) is 30.9 Å². The van der Waals surface area contributed by atoms with Crippen molar-refractivity contribution in [3.8, 4) is 0 Å². The van der Waals surface area contributed by atoms with E-state index in [9.17, 15) is 0 Å². The first-order chi connectivity index (χ1) is 10.5. The van der Waals surface area contributed by atoms with Crippen LogP contribution in [0.25, 0.3) is 5.70 Å². The van der Waals surface area contributed by atoms with E-state index in [1.165, 1.54) is 41.7 Å². The Morgan fingerprint density at radius 3 is 2.55 bits per heavy atom. The van der Waals surface area contributed by atoms with Crippen molar-refractivity contribution in [1.82, 2.24) is 0 Å². The monoisotopic (exact) mass is 299 g/mol. The van der Waals surface area contributed by atoms with Crippen LogP contribution in [-0.4, -0.2) is 5.71 Å². The molecule has 0 unspecified atom stereocenters. The molecule has 0 bridgehead atoms. The Morgan fingerprint density at radius 1 is 1.23 bits per heavy atom. The van der Waals surface area contributed by atoms with Crippen LogP contribution in [-0.2, 0) is 12.8 Å². The molecule has 0 aromatic heterocycles. The minimum atomic E-state index is 0.755. The summed E-state index contributed by atoms with van der Waals surface area (Å²) in [6.07, 6.45) is 6.94. The lowest BCUT2D eigenvalue weighted by molar-refractivity contribution is 0.586. The van der Waals surface area contributed by atoms with Gasteiger partial charge in [0.05, 0.1) is 5.70 Å². The first-order valence-corrected chi connectivity index (χ1v) is 8.83. The lowest BCUT2D eigenvalue weighted by Crippen LogP contribution is -1.98. The van der Waals surface area contributed by atoms with Gasteiger partial charge in [-0.05, 0) is 56.1 Å². The van der Waals surface area contributed by atoms with E-state index in [4.69, 9.17) is 4.99 Å². The molecule has 1 rings (SSSR count). The zero-order valence-corrected chi connectivity index (χ0v) is 15.2. The Morgan fingerprint density at radius 2 is 1.95 bits per heavy atom. The van der Waals surface area contributed by atoms with E-state index in [0.29, 0.717) is 0 Å². The van der Waals surface area contributed by atoms with Crippen LogP contribution < -0.4 is 0 Å². The van der Waals surface area contributed by atoms with Crippen LogP contribution in [0.2, 0.25) is 0 Å². The third kappa shape index (κ3) is 6.17. The van der Waals surface area contributed by atoms with Crippen LogP contribution in [0.5, 0.6) is 0 Å². The molecule has 0 aliphatic heterocycles. The number of nitrogens with zero attached hydrogens (tertiary/aromatic N) is 1. The maximum Gasteiger partial charge on any atom is 0.0632 e. The Balaban J connectivity index is 2.87. The van der Waals surface area contributed by atoms with Crippen LogP contribution in [0.4, 0.5) is 0 Å². The van der Waals surface area contributed by atoms with Gasteiger partial charge in [0.1, 0.15) is 0 Å². The summed E-state index contributed by atoms with van der Waals surface area (Å²) in [7, 11) is 0. The van der Waals surface area contributed by atoms with Gasteiger partial charge >= 0.3 is 0 Å². The molecule has 0 spiro atoms. The first kappa shape index (κ1) is 18.7. The van der Waals surface area contributed by atoms with Gasteiger partial charge in [0.15, 0.2) is 0 Å². The maximum atomic E-state index is 4.72. The second-order valence-corrected chi connectivity index (χ2v) is 6.67. The fraction of sp³-hybridized carbons (Fsp3) is 0.571. The van der Waals surface area contributed by atoms with E-state index in [-0.39, 0.29) is 0 Å². The molecule has 22 heavy (non-hydrogen) atoms. The molecule has 0 amide bonds. The van der Waals surface area contributed by atoms with Gasteiger partial charge < -0.3 is 0 Å². The molecule has 0 radical (unpaired) electrons. The summed E-state index contributed by atoms with van der Waals surface area (Å²) < 4.78 is 0. The second-order valence-electron chi connectivity index (χ2n) is 6.67. The van der Waals surface area contributed by atoms with E-state index in [2.05, 4.69) is 59.4 Å². The zero-order chi connectivity index (χ0) is 16.5. The third-order valence-electron chi connectivity index (χ3n) is 4.09. The Kier molecular flexibility index (Phi) is 8.16. The van der Waals surface area contributed by atoms with Crippen molar-refractivity contribution in [2.24, 2.45) is 10.9 Å². The van der Waals surface area contributed by atoms with Crippen molar-refractivity contribution in [1.29, 1.82) is 0 Å². The summed E-state index contributed by atoms with van der Waals surface area (Å²) in [6, 6.07) is 6.81. The van der Waals surface area contributed by atoms with Gasteiger partial charge in [0.2, 0.25) is 0 Å². The third-order valence-corrected chi connectivity index (χ3v) is 4.09. The number of hydrogen-bond donors (Lipinski definition) is 0. The number of benzene rings is 1. The van der Waals surface area contributed by atoms with Crippen LogP contribution >= 0.6 is 0 Å². The van der Waals surface area contributed by atoms with Gasteiger partial charge in [-0.15, -0.1) is 0 Å². The molecular weight excluding hydrogens is 266 g/mol. The van der Waals surface area contributed by atoms with Crippen molar-refractivity contribution in [3.63, 3.8) is 0 Å². The van der Waals surface area contributed by atoms with Gasteiger partial charge in [-0.2, -0.15) is 0 Å². The zero-order valence-electron chi connectivity index (χ0n) is 15.2. The van der Waals surface area contributed by atoms with Crippen molar-refractivity contribution in [3.05, 3.63) is 41.5 Å². The average Bonchev–Trinajstić information content (AvgIpc) is 2.50. The van der Waals surface area contributed by atoms with Crippen molar-refractivity contribution in [2.45, 2.75) is 73.1 Å². The van der Waals surface area contributed by atoms with E-state index < -0.39 is 0 Å². The molecule has 1 aromatic rings. The van der Waals surface area contributed by atoms with Crippen molar-refractivity contribution < 1.29 is 0 Å². The number of hydrogen-bond acceptors (Lipinski definition) is 1. The van der Waals surface area contributed by atoms with E-state index in [1.807, 2.05) is 0 Å². The molecular formula is C21H33N. The first-order valence-electron chi connectivity index (χ1n) is 8.83. The number of rotatable bonds is 9. The van der Waals surface area contributed by atoms with Gasteiger partial charge in [-0.1, -0.05) is 58.9 Å². The molecule has 0 aliphatic rings. The molecule has 1 aromatic carbocycles.